The van der Waals surface area contributed by atoms with Gasteiger partial charge in [-0.2, -0.15) is 0 Å². The second kappa shape index (κ2) is 5.38. The van der Waals surface area contributed by atoms with Crippen molar-refractivity contribution in [2.24, 2.45) is 0 Å². The van der Waals surface area contributed by atoms with Crippen LogP contribution in [0.3, 0.4) is 0 Å². The molecule has 1 atom stereocenters. The molecule has 1 aromatic heterocycles. The van der Waals surface area contributed by atoms with Gasteiger partial charge in [-0.15, -0.1) is 0 Å². The first-order chi connectivity index (χ1) is 8.63. The lowest BCUT2D eigenvalue weighted by Gasteiger charge is -2.14. The van der Waals surface area contributed by atoms with E-state index in [0.717, 1.165) is 11.1 Å². The van der Waals surface area contributed by atoms with Crippen LogP contribution >= 0.6 is 11.6 Å². The quantitative estimate of drug-likeness (QED) is 0.925. The third-order valence-electron chi connectivity index (χ3n) is 2.80. The van der Waals surface area contributed by atoms with Gasteiger partial charge in [-0.1, -0.05) is 23.7 Å². The smallest absolute Gasteiger partial charge is 0.219 e. The lowest BCUT2D eigenvalue weighted by molar-refractivity contribution is 0.213. The number of aromatic nitrogens is 1. The number of benzene rings is 1. The molecule has 2 rings (SSSR count). The average molecular weight is 264 g/mol. The lowest BCUT2D eigenvalue weighted by atomic mass is 10.0. The minimum absolute atomic E-state index is 0.418. The Bertz CT molecular complexity index is 557. The molecule has 4 heteroatoms. The molecule has 1 aromatic carbocycles. The fraction of sp³-hybridized carbons (Fsp3) is 0.214. The molecule has 18 heavy (non-hydrogen) atoms. The first-order valence-corrected chi connectivity index (χ1v) is 5.94. The second-order valence-electron chi connectivity index (χ2n) is 4.01. The van der Waals surface area contributed by atoms with Crippen molar-refractivity contribution in [3.63, 3.8) is 0 Å². The van der Waals surface area contributed by atoms with Crippen LogP contribution in [0.4, 0.5) is 0 Å². The molecule has 0 fully saturated rings. The van der Waals surface area contributed by atoms with Gasteiger partial charge in [-0.05, 0) is 36.2 Å². The van der Waals surface area contributed by atoms with Gasteiger partial charge >= 0.3 is 0 Å². The molecule has 1 heterocycles. The topological polar surface area (TPSA) is 42.4 Å². The first kappa shape index (κ1) is 12.9. The number of halogens is 1. The van der Waals surface area contributed by atoms with Crippen LogP contribution in [-0.2, 0) is 0 Å². The molecule has 1 unspecified atom stereocenters. The molecule has 2 aromatic rings. The number of ether oxygens (including phenoxy) is 1. The molecule has 0 saturated carbocycles. The van der Waals surface area contributed by atoms with E-state index >= 15 is 0 Å². The molecule has 0 aliphatic heterocycles. The van der Waals surface area contributed by atoms with Crippen molar-refractivity contribution in [2.75, 3.05) is 7.11 Å². The van der Waals surface area contributed by atoms with Gasteiger partial charge in [0.05, 0.1) is 7.11 Å². The van der Waals surface area contributed by atoms with E-state index in [4.69, 9.17) is 16.3 Å². The van der Waals surface area contributed by atoms with Crippen molar-refractivity contribution in [3.05, 3.63) is 58.2 Å². The summed E-state index contributed by atoms with van der Waals surface area (Å²) in [6, 6.07) is 9.02. The summed E-state index contributed by atoms with van der Waals surface area (Å²) in [5, 5.41) is 11.0. The van der Waals surface area contributed by atoms with Gasteiger partial charge in [0.15, 0.2) is 0 Å². The highest BCUT2D eigenvalue weighted by molar-refractivity contribution is 6.31. The number of hydrogen-bond donors (Lipinski definition) is 1. The highest BCUT2D eigenvalue weighted by Gasteiger charge is 2.16. The van der Waals surface area contributed by atoms with E-state index in [2.05, 4.69) is 4.98 Å². The number of pyridine rings is 1. The molecule has 94 valence electrons. The van der Waals surface area contributed by atoms with Crippen LogP contribution < -0.4 is 4.74 Å². The fourth-order valence-corrected chi connectivity index (χ4v) is 1.93. The molecule has 0 saturated heterocycles. The number of methoxy groups -OCH3 is 1. The summed E-state index contributed by atoms with van der Waals surface area (Å²) < 4.78 is 5.14. The van der Waals surface area contributed by atoms with Crippen molar-refractivity contribution >= 4 is 11.6 Å². The number of aryl methyl sites for hydroxylation is 1. The van der Waals surface area contributed by atoms with E-state index in [0.29, 0.717) is 16.5 Å². The molecule has 3 nitrogen and oxygen atoms in total. The van der Waals surface area contributed by atoms with Crippen LogP contribution in [0.5, 0.6) is 5.88 Å². The second-order valence-corrected chi connectivity index (χ2v) is 4.42. The molecule has 0 amide bonds. The van der Waals surface area contributed by atoms with Gasteiger partial charge in [-0.25, -0.2) is 4.98 Å². The summed E-state index contributed by atoms with van der Waals surface area (Å²) in [5.41, 5.74) is 2.32. The molecule has 1 N–H and O–H groups in total. The van der Waals surface area contributed by atoms with Gasteiger partial charge in [-0.3, -0.25) is 0 Å². The van der Waals surface area contributed by atoms with Crippen molar-refractivity contribution < 1.29 is 9.84 Å². The Morgan fingerprint density at radius 2 is 2.11 bits per heavy atom. The zero-order valence-corrected chi connectivity index (χ0v) is 11.0. The molecular formula is C14H14ClNO2. The van der Waals surface area contributed by atoms with Crippen molar-refractivity contribution in [3.8, 4) is 5.88 Å². The minimum Gasteiger partial charge on any atom is -0.481 e. The fourth-order valence-electron chi connectivity index (χ4n) is 1.74. The number of hydrogen-bond acceptors (Lipinski definition) is 3. The summed E-state index contributed by atoms with van der Waals surface area (Å²) in [6.45, 7) is 1.92. The lowest BCUT2D eigenvalue weighted by Crippen LogP contribution is -2.03. The summed E-state index contributed by atoms with van der Waals surface area (Å²) in [4.78, 5) is 4.07. The highest BCUT2D eigenvalue weighted by Crippen LogP contribution is 2.30. The molecule has 0 aliphatic carbocycles. The first-order valence-electron chi connectivity index (χ1n) is 5.56. The van der Waals surface area contributed by atoms with E-state index in [1.165, 1.54) is 7.11 Å². The molecule has 0 aliphatic rings. The maximum atomic E-state index is 10.3. The van der Waals surface area contributed by atoms with Gasteiger partial charge < -0.3 is 9.84 Å². The van der Waals surface area contributed by atoms with Crippen LogP contribution in [0.15, 0.2) is 36.5 Å². The number of rotatable bonds is 3. The normalized spacial score (nSPS) is 12.2. The van der Waals surface area contributed by atoms with Crippen LogP contribution in [0.1, 0.15) is 22.8 Å². The molecule has 0 spiro atoms. The zero-order chi connectivity index (χ0) is 13.1. The monoisotopic (exact) mass is 263 g/mol. The predicted molar refractivity (Wildman–Crippen MR) is 71.0 cm³/mol. The van der Waals surface area contributed by atoms with E-state index < -0.39 is 6.10 Å². The predicted octanol–water partition coefficient (Wildman–Crippen LogP) is 3.13. The largest absolute Gasteiger partial charge is 0.481 e. The van der Waals surface area contributed by atoms with E-state index in [9.17, 15) is 5.11 Å². The van der Waals surface area contributed by atoms with Crippen molar-refractivity contribution in [1.82, 2.24) is 4.98 Å². The third kappa shape index (κ3) is 2.47. The summed E-state index contributed by atoms with van der Waals surface area (Å²) in [5.74, 6) is 0.418. The van der Waals surface area contributed by atoms with Crippen molar-refractivity contribution in [2.45, 2.75) is 13.0 Å². The van der Waals surface area contributed by atoms with E-state index in [1.807, 2.05) is 19.1 Å². The highest BCUT2D eigenvalue weighted by atomic mass is 35.5. The molecule has 0 radical (unpaired) electrons. The maximum Gasteiger partial charge on any atom is 0.219 e. The summed E-state index contributed by atoms with van der Waals surface area (Å²) >= 11 is 6.06. The molecular weight excluding hydrogens is 250 g/mol. The minimum atomic E-state index is -0.799. The number of nitrogens with zero attached hydrogens (tertiary/aromatic N) is 1. The van der Waals surface area contributed by atoms with Crippen LogP contribution in [0.2, 0.25) is 5.02 Å². The zero-order valence-electron chi connectivity index (χ0n) is 10.2. The standard InChI is InChI=1S/C14H14ClNO2/c1-9-5-6-10(8-12(9)15)13(17)11-4-3-7-16-14(11)18-2/h3-8,13,17H,1-2H3. The van der Waals surface area contributed by atoms with Crippen molar-refractivity contribution in [1.29, 1.82) is 0 Å². The Kier molecular flexibility index (Phi) is 3.84. The third-order valence-corrected chi connectivity index (χ3v) is 3.21. The maximum absolute atomic E-state index is 10.3. The van der Waals surface area contributed by atoms with E-state index in [1.54, 1.807) is 24.4 Å². The Morgan fingerprint density at radius 1 is 1.33 bits per heavy atom. The molecule has 0 bridgehead atoms. The van der Waals surface area contributed by atoms with E-state index in [-0.39, 0.29) is 0 Å². The Morgan fingerprint density at radius 3 is 2.78 bits per heavy atom. The number of aliphatic hydroxyl groups is 1. The van der Waals surface area contributed by atoms with Crippen LogP contribution in [0.25, 0.3) is 0 Å². The van der Waals surface area contributed by atoms with Gasteiger partial charge in [0.25, 0.3) is 0 Å². The van der Waals surface area contributed by atoms with Gasteiger partial charge in [0.1, 0.15) is 6.10 Å². The van der Waals surface area contributed by atoms with Crippen LogP contribution in [-0.4, -0.2) is 17.2 Å². The van der Waals surface area contributed by atoms with Gasteiger partial charge in [0.2, 0.25) is 5.88 Å². The Labute approximate surface area is 111 Å². The SMILES string of the molecule is COc1ncccc1C(O)c1ccc(C)c(Cl)c1. The van der Waals surface area contributed by atoms with Gasteiger partial charge in [0, 0.05) is 16.8 Å². The Balaban J connectivity index is 2.41. The summed E-state index contributed by atoms with van der Waals surface area (Å²) in [6.07, 6.45) is 0.823. The number of aliphatic hydroxyl groups excluding tert-OH is 1. The average Bonchev–Trinajstić information content (AvgIpc) is 2.41. The van der Waals surface area contributed by atoms with Crippen LogP contribution in [0, 0.1) is 6.92 Å². The Hall–Kier alpha value is -1.58. The summed E-state index contributed by atoms with van der Waals surface area (Å²) in [7, 11) is 1.53.